The third kappa shape index (κ3) is 3.65. The zero-order valence-electron chi connectivity index (χ0n) is 15.3. The van der Waals surface area contributed by atoms with Gasteiger partial charge in [0.1, 0.15) is 0 Å². The molecule has 6 nitrogen and oxygen atoms in total. The molecular formula is C21H19N5OS. The Morgan fingerprint density at radius 2 is 2.04 bits per heavy atom. The quantitative estimate of drug-likeness (QED) is 0.517. The SMILES string of the molecule is Cc1c(C(N)=O)cc(-c2csc(Nc3cccnc3)n2)n1Cc1ccccc1. The van der Waals surface area contributed by atoms with Crippen LogP contribution in [-0.2, 0) is 6.54 Å². The van der Waals surface area contributed by atoms with Gasteiger partial charge in [0, 0.05) is 23.8 Å². The Balaban J connectivity index is 1.70. The van der Waals surface area contributed by atoms with Crippen molar-refractivity contribution in [2.24, 2.45) is 5.73 Å². The molecule has 0 aliphatic carbocycles. The van der Waals surface area contributed by atoms with Crippen LogP contribution in [-0.4, -0.2) is 20.4 Å². The van der Waals surface area contributed by atoms with E-state index in [1.54, 1.807) is 12.4 Å². The van der Waals surface area contributed by atoms with Crippen molar-refractivity contribution in [3.63, 3.8) is 0 Å². The molecule has 3 aromatic heterocycles. The van der Waals surface area contributed by atoms with E-state index in [2.05, 4.69) is 27.0 Å². The lowest BCUT2D eigenvalue weighted by Gasteiger charge is -2.11. The number of hydrogen-bond donors (Lipinski definition) is 2. The first-order valence-electron chi connectivity index (χ1n) is 8.78. The van der Waals surface area contributed by atoms with Crippen LogP contribution in [0.1, 0.15) is 21.6 Å². The van der Waals surface area contributed by atoms with Crippen LogP contribution in [0.15, 0.2) is 66.3 Å². The average molecular weight is 389 g/mol. The molecule has 3 heterocycles. The molecular weight excluding hydrogens is 370 g/mol. The van der Waals surface area contributed by atoms with E-state index >= 15 is 0 Å². The first-order valence-corrected chi connectivity index (χ1v) is 9.66. The van der Waals surface area contributed by atoms with Gasteiger partial charge in [-0.15, -0.1) is 11.3 Å². The van der Waals surface area contributed by atoms with Gasteiger partial charge in [0.25, 0.3) is 5.91 Å². The Kier molecular flexibility index (Phi) is 4.90. The number of anilines is 2. The summed E-state index contributed by atoms with van der Waals surface area (Å²) >= 11 is 1.50. The standard InChI is InChI=1S/C21H19N5OS/c1-14-17(20(22)27)10-19(26(14)12-15-6-3-2-4-7-15)18-13-28-21(25-18)24-16-8-5-9-23-11-16/h2-11,13H,12H2,1H3,(H2,22,27)(H,24,25). The molecule has 3 N–H and O–H groups in total. The summed E-state index contributed by atoms with van der Waals surface area (Å²) in [4.78, 5) is 20.7. The summed E-state index contributed by atoms with van der Waals surface area (Å²) < 4.78 is 2.08. The summed E-state index contributed by atoms with van der Waals surface area (Å²) in [7, 11) is 0. The van der Waals surface area contributed by atoms with Crippen molar-refractivity contribution < 1.29 is 4.79 Å². The second-order valence-corrected chi connectivity index (χ2v) is 7.23. The van der Waals surface area contributed by atoms with Crippen molar-refractivity contribution in [3.8, 4) is 11.4 Å². The molecule has 0 saturated carbocycles. The van der Waals surface area contributed by atoms with Crippen molar-refractivity contribution >= 4 is 28.1 Å². The smallest absolute Gasteiger partial charge is 0.250 e. The van der Waals surface area contributed by atoms with Gasteiger partial charge in [-0.25, -0.2) is 4.98 Å². The molecule has 0 fully saturated rings. The third-order valence-corrected chi connectivity index (χ3v) is 5.25. The summed E-state index contributed by atoms with van der Waals surface area (Å²) in [5, 5.41) is 5.98. The maximum absolute atomic E-state index is 11.9. The van der Waals surface area contributed by atoms with Gasteiger partial charge in [-0.2, -0.15) is 0 Å². The van der Waals surface area contributed by atoms with E-state index in [1.807, 2.05) is 48.7 Å². The number of carbonyl (C=O) groups is 1. The fraction of sp³-hybridized carbons (Fsp3) is 0.0952. The lowest BCUT2D eigenvalue weighted by atomic mass is 10.2. The Morgan fingerprint density at radius 1 is 1.21 bits per heavy atom. The highest BCUT2D eigenvalue weighted by molar-refractivity contribution is 7.14. The number of nitrogens with two attached hydrogens (primary N) is 1. The van der Waals surface area contributed by atoms with Gasteiger partial charge in [-0.1, -0.05) is 30.3 Å². The van der Waals surface area contributed by atoms with Gasteiger partial charge in [0.15, 0.2) is 5.13 Å². The highest BCUT2D eigenvalue weighted by Crippen LogP contribution is 2.30. The number of pyridine rings is 1. The fourth-order valence-electron chi connectivity index (χ4n) is 3.09. The van der Waals surface area contributed by atoms with Gasteiger partial charge in [0.2, 0.25) is 0 Å². The van der Waals surface area contributed by atoms with Crippen LogP contribution in [0.25, 0.3) is 11.4 Å². The molecule has 0 unspecified atom stereocenters. The zero-order chi connectivity index (χ0) is 19.5. The number of aromatic nitrogens is 3. The molecule has 0 bridgehead atoms. The van der Waals surface area contributed by atoms with Gasteiger partial charge in [-0.05, 0) is 30.7 Å². The van der Waals surface area contributed by atoms with Crippen LogP contribution in [0, 0.1) is 6.92 Å². The summed E-state index contributed by atoms with van der Waals surface area (Å²) in [5.41, 5.74) is 10.6. The number of primary amides is 1. The molecule has 1 amide bonds. The molecule has 0 radical (unpaired) electrons. The van der Waals surface area contributed by atoms with Crippen LogP contribution >= 0.6 is 11.3 Å². The van der Waals surface area contributed by atoms with E-state index in [0.717, 1.165) is 33.5 Å². The van der Waals surface area contributed by atoms with E-state index in [4.69, 9.17) is 10.7 Å². The fourth-order valence-corrected chi connectivity index (χ4v) is 3.81. The average Bonchev–Trinajstić information content (AvgIpc) is 3.28. The Bertz CT molecular complexity index is 1100. The number of nitrogens with zero attached hydrogens (tertiary/aromatic N) is 3. The first-order chi connectivity index (χ1) is 13.6. The van der Waals surface area contributed by atoms with Crippen molar-refractivity contribution in [2.45, 2.75) is 13.5 Å². The lowest BCUT2D eigenvalue weighted by molar-refractivity contribution is 0.0999. The predicted molar refractivity (Wildman–Crippen MR) is 112 cm³/mol. The minimum absolute atomic E-state index is 0.436. The van der Waals surface area contributed by atoms with Gasteiger partial charge in [0.05, 0.1) is 28.8 Å². The van der Waals surface area contributed by atoms with E-state index in [1.165, 1.54) is 11.3 Å². The molecule has 7 heteroatoms. The van der Waals surface area contributed by atoms with Crippen molar-refractivity contribution in [1.82, 2.24) is 14.5 Å². The molecule has 0 aliphatic heterocycles. The van der Waals surface area contributed by atoms with Gasteiger partial charge < -0.3 is 15.6 Å². The predicted octanol–water partition coefficient (Wildman–Crippen LogP) is 4.21. The Labute approximate surface area is 166 Å². The maximum Gasteiger partial charge on any atom is 0.250 e. The molecule has 0 atom stereocenters. The number of nitrogens with one attached hydrogen (secondary N) is 1. The van der Waals surface area contributed by atoms with Crippen LogP contribution in [0.2, 0.25) is 0 Å². The topological polar surface area (TPSA) is 85.8 Å². The molecule has 1 aromatic carbocycles. The van der Waals surface area contributed by atoms with Crippen LogP contribution in [0.4, 0.5) is 10.8 Å². The number of thiazole rings is 1. The molecule has 0 saturated heterocycles. The first kappa shape index (κ1) is 17.9. The summed E-state index contributed by atoms with van der Waals surface area (Å²) in [5.74, 6) is -0.436. The molecule has 4 rings (SSSR count). The molecule has 0 spiro atoms. The number of rotatable bonds is 6. The van der Waals surface area contributed by atoms with Crippen molar-refractivity contribution in [1.29, 1.82) is 0 Å². The minimum atomic E-state index is -0.436. The Hall–Kier alpha value is -3.45. The molecule has 140 valence electrons. The zero-order valence-corrected chi connectivity index (χ0v) is 16.1. The molecule has 4 aromatic rings. The summed E-state index contributed by atoms with van der Waals surface area (Å²) in [6.45, 7) is 2.55. The van der Waals surface area contributed by atoms with Crippen molar-refractivity contribution in [2.75, 3.05) is 5.32 Å². The molecule has 0 aliphatic rings. The van der Waals surface area contributed by atoms with Gasteiger partial charge >= 0.3 is 0 Å². The second-order valence-electron chi connectivity index (χ2n) is 6.37. The lowest BCUT2D eigenvalue weighted by Crippen LogP contribution is -2.12. The Morgan fingerprint density at radius 3 is 2.75 bits per heavy atom. The van der Waals surface area contributed by atoms with E-state index in [0.29, 0.717) is 12.1 Å². The number of hydrogen-bond acceptors (Lipinski definition) is 5. The van der Waals surface area contributed by atoms with Crippen LogP contribution in [0.3, 0.4) is 0 Å². The van der Waals surface area contributed by atoms with Crippen molar-refractivity contribution in [3.05, 3.63) is 83.1 Å². The monoisotopic (exact) mass is 389 g/mol. The van der Waals surface area contributed by atoms with Gasteiger partial charge in [-0.3, -0.25) is 9.78 Å². The highest BCUT2D eigenvalue weighted by atomic mass is 32.1. The summed E-state index contributed by atoms with van der Waals surface area (Å²) in [6.07, 6.45) is 3.47. The normalized spacial score (nSPS) is 10.8. The van der Waals surface area contributed by atoms with Crippen LogP contribution in [0.5, 0.6) is 0 Å². The highest BCUT2D eigenvalue weighted by Gasteiger charge is 2.19. The van der Waals surface area contributed by atoms with E-state index < -0.39 is 5.91 Å². The van der Waals surface area contributed by atoms with E-state index in [9.17, 15) is 4.79 Å². The largest absolute Gasteiger partial charge is 0.366 e. The third-order valence-electron chi connectivity index (χ3n) is 4.49. The molecule has 28 heavy (non-hydrogen) atoms. The minimum Gasteiger partial charge on any atom is -0.366 e. The maximum atomic E-state index is 11.9. The second kappa shape index (κ2) is 7.66. The van der Waals surface area contributed by atoms with E-state index in [-0.39, 0.29) is 0 Å². The van der Waals surface area contributed by atoms with Crippen LogP contribution < -0.4 is 11.1 Å². The summed E-state index contributed by atoms with van der Waals surface area (Å²) in [6, 6.07) is 15.7. The number of carbonyl (C=O) groups excluding carboxylic acids is 1. The number of amides is 1. The number of benzene rings is 1.